The van der Waals surface area contributed by atoms with Crippen LogP contribution < -0.4 is 5.32 Å². The maximum Gasteiger partial charge on any atom is 0.222 e. The molecule has 0 amide bonds. The van der Waals surface area contributed by atoms with Gasteiger partial charge in [0.2, 0.25) is 16.0 Å². The first-order chi connectivity index (χ1) is 11.5. The summed E-state index contributed by atoms with van der Waals surface area (Å²) in [6, 6.07) is 1.55. The minimum absolute atomic E-state index is 0.146. The number of nitrogens with zero attached hydrogens (tertiary/aromatic N) is 5. The van der Waals surface area contributed by atoms with Crippen LogP contribution in [0.25, 0.3) is 0 Å². The van der Waals surface area contributed by atoms with Crippen LogP contribution in [0.3, 0.4) is 0 Å². The first-order valence-corrected chi connectivity index (χ1v) is 9.61. The number of imidazole rings is 1. The zero-order chi connectivity index (χ0) is 17.2. The van der Waals surface area contributed by atoms with E-state index in [0.29, 0.717) is 31.9 Å². The van der Waals surface area contributed by atoms with E-state index in [0.717, 1.165) is 11.4 Å². The molecule has 0 radical (unpaired) electrons. The molecule has 1 aliphatic heterocycles. The van der Waals surface area contributed by atoms with Gasteiger partial charge in [0, 0.05) is 44.1 Å². The molecule has 8 nitrogen and oxygen atoms in total. The smallest absolute Gasteiger partial charge is 0.222 e. The minimum Gasteiger partial charge on any atom is -0.353 e. The third kappa shape index (κ3) is 3.41. The first-order valence-electron chi connectivity index (χ1n) is 8.00. The molecular weight excluding hydrogens is 328 g/mol. The van der Waals surface area contributed by atoms with E-state index in [-0.39, 0.29) is 11.8 Å². The monoisotopic (exact) mass is 350 g/mol. The molecule has 9 heteroatoms. The molecule has 2 aromatic heterocycles. The lowest BCUT2D eigenvalue weighted by Gasteiger charge is -2.34. The summed E-state index contributed by atoms with van der Waals surface area (Å²) in [4.78, 5) is 12.6. The van der Waals surface area contributed by atoms with Gasteiger partial charge >= 0.3 is 0 Å². The van der Waals surface area contributed by atoms with Crippen LogP contribution >= 0.6 is 0 Å². The molecule has 2 aromatic rings. The summed E-state index contributed by atoms with van der Waals surface area (Å²) in [6.07, 6.45) is 6.26. The summed E-state index contributed by atoms with van der Waals surface area (Å²) in [5.74, 6) is 0.647. The van der Waals surface area contributed by atoms with Crippen molar-refractivity contribution in [3.8, 4) is 0 Å². The maximum atomic E-state index is 12.7. The van der Waals surface area contributed by atoms with E-state index in [9.17, 15) is 8.42 Å². The summed E-state index contributed by atoms with van der Waals surface area (Å²) in [5.41, 5.74) is 1.92. The second-order valence-electron chi connectivity index (χ2n) is 5.92. The highest BCUT2D eigenvalue weighted by Gasteiger charge is 2.36. The molecule has 0 spiro atoms. The average molecular weight is 350 g/mol. The molecule has 130 valence electrons. The highest BCUT2D eigenvalue weighted by atomic mass is 32.2. The Morgan fingerprint density at radius 2 is 2.04 bits per heavy atom. The van der Waals surface area contributed by atoms with Gasteiger partial charge in [-0.1, -0.05) is 6.92 Å². The van der Waals surface area contributed by atoms with Crippen molar-refractivity contribution in [2.24, 2.45) is 7.05 Å². The maximum absolute atomic E-state index is 12.7. The second kappa shape index (κ2) is 6.86. The van der Waals surface area contributed by atoms with Gasteiger partial charge in [-0.2, -0.15) is 4.31 Å². The fourth-order valence-electron chi connectivity index (χ4n) is 2.97. The van der Waals surface area contributed by atoms with Crippen LogP contribution in [0, 0.1) is 0 Å². The first kappa shape index (κ1) is 16.8. The summed E-state index contributed by atoms with van der Waals surface area (Å²) in [6.45, 7) is 2.65. The normalized spacial score (nSPS) is 18.3. The Balaban J connectivity index is 1.83. The van der Waals surface area contributed by atoms with Gasteiger partial charge in [0.1, 0.15) is 0 Å². The Labute approximate surface area is 142 Å². The quantitative estimate of drug-likeness (QED) is 0.828. The van der Waals surface area contributed by atoms with Crippen molar-refractivity contribution in [3.63, 3.8) is 0 Å². The molecule has 24 heavy (non-hydrogen) atoms. The Morgan fingerprint density at radius 1 is 1.29 bits per heavy atom. The van der Waals surface area contributed by atoms with Gasteiger partial charge in [0.05, 0.1) is 24.3 Å². The fraction of sp³-hybridized carbons (Fsp3) is 0.533. The van der Waals surface area contributed by atoms with E-state index in [4.69, 9.17) is 0 Å². The number of fused-ring (bicyclic) bond motifs is 1. The van der Waals surface area contributed by atoms with E-state index in [1.54, 1.807) is 29.1 Å². The molecule has 0 aromatic carbocycles. The molecule has 0 aliphatic carbocycles. The van der Waals surface area contributed by atoms with E-state index >= 15 is 0 Å². The number of aryl methyl sites for hydroxylation is 1. The molecule has 0 fully saturated rings. The lowest BCUT2D eigenvalue weighted by Crippen LogP contribution is -2.48. The SMILES string of the molecule is CCCS(=O)(=O)N1Cc2ncn(C)c2C[C@H]1CNc1ncccn1. The van der Waals surface area contributed by atoms with Gasteiger partial charge in [0.25, 0.3) is 0 Å². The van der Waals surface area contributed by atoms with Gasteiger partial charge in [-0.3, -0.25) is 0 Å². The number of aromatic nitrogens is 4. The largest absolute Gasteiger partial charge is 0.353 e. The van der Waals surface area contributed by atoms with Crippen LogP contribution in [0.5, 0.6) is 0 Å². The zero-order valence-electron chi connectivity index (χ0n) is 13.9. The average Bonchev–Trinajstić information content (AvgIpc) is 2.93. The minimum atomic E-state index is -3.32. The second-order valence-corrected chi connectivity index (χ2v) is 7.96. The number of hydrogen-bond donors (Lipinski definition) is 1. The Bertz CT molecular complexity index is 790. The summed E-state index contributed by atoms with van der Waals surface area (Å²) in [7, 11) is -1.38. The van der Waals surface area contributed by atoms with Crippen molar-refractivity contribution in [3.05, 3.63) is 36.2 Å². The van der Waals surface area contributed by atoms with Crippen LogP contribution in [0.2, 0.25) is 0 Å². The molecule has 0 bridgehead atoms. The number of nitrogens with one attached hydrogen (secondary N) is 1. The fourth-order valence-corrected chi connectivity index (χ4v) is 4.65. The molecular formula is C15H22N6O2S. The van der Waals surface area contributed by atoms with Crippen molar-refractivity contribution in [2.45, 2.75) is 32.4 Å². The molecule has 1 atom stereocenters. The molecule has 1 N–H and O–H groups in total. The van der Waals surface area contributed by atoms with E-state index in [1.165, 1.54) is 0 Å². The number of sulfonamides is 1. The lowest BCUT2D eigenvalue weighted by molar-refractivity contribution is 0.294. The van der Waals surface area contributed by atoms with Crippen molar-refractivity contribution in [1.29, 1.82) is 0 Å². The summed E-state index contributed by atoms with van der Waals surface area (Å²) < 4.78 is 28.8. The lowest BCUT2D eigenvalue weighted by atomic mass is 10.1. The number of anilines is 1. The van der Waals surface area contributed by atoms with Gasteiger partial charge in [-0.05, 0) is 12.5 Å². The van der Waals surface area contributed by atoms with Crippen LogP contribution in [0.1, 0.15) is 24.7 Å². The van der Waals surface area contributed by atoms with E-state index in [1.807, 2.05) is 18.5 Å². The number of hydrogen-bond acceptors (Lipinski definition) is 6. The Hall–Kier alpha value is -2.00. The van der Waals surface area contributed by atoms with E-state index in [2.05, 4.69) is 20.3 Å². The van der Waals surface area contributed by atoms with Crippen molar-refractivity contribution in [2.75, 3.05) is 17.6 Å². The van der Waals surface area contributed by atoms with Crippen LogP contribution in [-0.2, 0) is 30.0 Å². The molecule has 3 rings (SSSR count). The summed E-state index contributed by atoms with van der Waals surface area (Å²) in [5, 5.41) is 3.14. The highest BCUT2D eigenvalue weighted by Crippen LogP contribution is 2.25. The van der Waals surface area contributed by atoms with Crippen molar-refractivity contribution >= 4 is 16.0 Å². The van der Waals surface area contributed by atoms with Crippen LogP contribution in [-0.4, -0.2) is 50.6 Å². The third-order valence-electron chi connectivity index (χ3n) is 4.17. The van der Waals surface area contributed by atoms with Crippen LogP contribution in [0.15, 0.2) is 24.8 Å². The molecule has 0 unspecified atom stereocenters. The molecule has 0 saturated carbocycles. The highest BCUT2D eigenvalue weighted by molar-refractivity contribution is 7.89. The predicted molar refractivity (Wildman–Crippen MR) is 90.8 cm³/mol. The van der Waals surface area contributed by atoms with Gasteiger partial charge in [0.15, 0.2) is 0 Å². The topological polar surface area (TPSA) is 93.0 Å². The van der Waals surface area contributed by atoms with Gasteiger partial charge in [-0.15, -0.1) is 0 Å². The van der Waals surface area contributed by atoms with Crippen molar-refractivity contribution in [1.82, 2.24) is 23.8 Å². The van der Waals surface area contributed by atoms with Gasteiger partial charge in [-0.25, -0.2) is 23.4 Å². The zero-order valence-corrected chi connectivity index (χ0v) is 14.7. The Kier molecular flexibility index (Phi) is 4.81. The molecule has 3 heterocycles. The van der Waals surface area contributed by atoms with Crippen molar-refractivity contribution < 1.29 is 8.42 Å². The van der Waals surface area contributed by atoms with Crippen LogP contribution in [0.4, 0.5) is 5.95 Å². The predicted octanol–water partition coefficient (Wildman–Crippen LogP) is 0.789. The Morgan fingerprint density at radius 3 is 2.75 bits per heavy atom. The van der Waals surface area contributed by atoms with Gasteiger partial charge < -0.3 is 9.88 Å². The molecule has 1 aliphatic rings. The number of rotatable bonds is 6. The van der Waals surface area contributed by atoms with E-state index < -0.39 is 10.0 Å². The summed E-state index contributed by atoms with van der Waals surface area (Å²) >= 11 is 0. The third-order valence-corrected chi connectivity index (χ3v) is 6.23. The molecule has 0 saturated heterocycles. The standard InChI is InChI=1S/C15H22N6O2S/c1-3-7-24(22,23)21-10-13-14(20(2)11-19-13)8-12(21)9-18-15-16-5-4-6-17-15/h4-6,11-12H,3,7-10H2,1-2H3,(H,16,17,18)/t12-/m0/s1.